The van der Waals surface area contributed by atoms with Gasteiger partial charge in [0, 0.05) is 13.1 Å². The van der Waals surface area contributed by atoms with Crippen LogP contribution >= 0.6 is 11.6 Å². The van der Waals surface area contributed by atoms with Crippen molar-refractivity contribution in [2.24, 2.45) is 5.14 Å². The van der Waals surface area contributed by atoms with Crippen LogP contribution in [0.25, 0.3) is 0 Å². The molecule has 2 rings (SSSR count). The van der Waals surface area contributed by atoms with Gasteiger partial charge in [0.15, 0.2) is 0 Å². The van der Waals surface area contributed by atoms with Gasteiger partial charge in [-0.05, 0) is 12.1 Å². The number of rotatable bonds is 2. The molecule has 0 spiro atoms. The van der Waals surface area contributed by atoms with Gasteiger partial charge in [0.05, 0.1) is 23.8 Å². The van der Waals surface area contributed by atoms with Crippen molar-refractivity contribution in [1.82, 2.24) is 4.90 Å². The van der Waals surface area contributed by atoms with E-state index in [1.807, 2.05) is 0 Å². The summed E-state index contributed by atoms with van der Waals surface area (Å²) in [7, 11) is -4.13. The molecule has 1 aliphatic rings. The number of nitrogens with zero attached hydrogens (tertiary/aromatic N) is 1. The summed E-state index contributed by atoms with van der Waals surface area (Å²) in [5.41, 5.74) is -0.375. The van der Waals surface area contributed by atoms with E-state index in [0.717, 1.165) is 12.1 Å². The zero-order valence-corrected chi connectivity index (χ0v) is 11.9. The van der Waals surface area contributed by atoms with Gasteiger partial charge >= 0.3 is 0 Å². The van der Waals surface area contributed by atoms with Crippen LogP contribution in [0.15, 0.2) is 17.0 Å². The lowest BCUT2D eigenvalue weighted by atomic mass is 10.1. The van der Waals surface area contributed by atoms with E-state index in [9.17, 15) is 17.6 Å². The number of carbonyl (C=O) groups excluding carboxylic acids is 1. The van der Waals surface area contributed by atoms with Crippen LogP contribution in [0.4, 0.5) is 4.39 Å². The molecule has 110 valence electrons. The highest BCUT2D eigenvalue weighted by Crippen LogP contribution is 2.25. The average Bonchev–Trinajstić information content (AvgIpc) is 2.37. The maximum Gasteiger partial charge on any atom is 0.257 e. The molecule has 0 saturated carbocycles. The second kappa shape index (κ2) is 5.65. The van der Waals surface area contributed by atoms with Gasteiger partial charge in [-0.15, -0.1) is 0 Å². The molecule has 1 aliphatic heterocycles. The molecule has 0 aromatic heterocycles. The Kier molecular flexibility index (Phi) is 4.28. The highest BCUT2D eigenvalue weighted by atomic mass is 35.5. The minimum absolute atomic E-state index is 0.311. The molecule has 1 fully saturated rings. The topological polar surface area (TPSA) is 89.7 Å². The molecule has 0 atom stereocenters. The number of benzene rings is 1. The van der Waals surface area contributed by atoms with Crippen LogP contribution in [0.5, 0.6) is 0 Å². The Morgan fingerprint density at radius 1 is 1.35 bits per heavy atom. The number of hydrogen-bond acceptors (Lipinski definition) is 4. The monoisotopic (exact) mass is 322 g/mol. The summed E-state index contributed by atoms with van der Waals surface area (Å²) in [6.45, 7) is 1.32. The Morgan fingerprint density at radius 2 is 1.95 bits per heavy atom. The largest absolute Gasteiger partial charge is 0.378 e. The van der Waals surface area contributed by atoms with Crippen molar-refractivity contribution in [2.45, 2.75) is 4.90 Å². The first-order chi connectivity index (χ1) is 9.30. The molecule has 0 unspecified atom stereocenters. The SMILES string of the molecule is NS(=O)(=O)c1cc(C(=O)N2CCOCC2)c(F)cc1Cl. The van der Waals surface area contributed by atoms with Gasteiger partial charge in [0.25, 0.3) is 5.91 Å². The molecular weight excluding hydrogens is 311 g/mol. The Bertz CT molecular complexity index is 644. The number of primary sulfonamides is 1. The first-order valence-electron chi connectivity index (χ1n) is 5.69. The smallest absolute Gasteiger partial charge is 0.257 e. The standard InChI is InChI=1S/C11H12ClFN2O4S/c12-8-6-9(13)7(5-10(8)20(14,17)18)11(16)15-1-3-19-4-2-15/h5-6H,1-4H2,(H2,14,17,18). The van der Waals surface area contributed by atoms with E-state index in [0.29, 0.717) is 26.3 Å². The number of amides is 1. The molecule has 6 nitrogen and oxygen atoms in total. The summed E-state index contributed by atoms with van der Waals surface area (Å²) < 4.78 is 41.6. The second-order valence-electron chi connectivity index (χ2n) is 4.21. The van der Waals surface area contributed by atoms with Crippen LogP contribution in [-0.2, 0) is 14.8 Å². The van der Waals surface area contributed by atoms with E-state index in [1.165, 1.54) is 4.90 Å². The molecule has 1 aromatic rings. The van der Waals surface area contributed by atoms with Gasteiger partial charge in [-0.1, -0.05) is 11.6 Å². The summed E-state index contributed by atoms with van der Waals surface area (Å²) in [4.78, 5) is 13.1. The minimum Gasteiger partial charge on any atom is -0.378 e. The highest BCUT2D eigenvalue weighted by Gasteiger charge is 2.25. The second-order valence-corrected chi connectivity index (χ2v) is 6.15. The predicted octanol–water partition coefficient (Wildman–Crippen LogP) is 0.599. The van der Waals surface area contributed by atoms with Crippen LogP contribution in [0, 0.1) is 5.82 Å². The molecule has 1 aromatic carbocycles. The third-order valence-electron chi connectivity index (χ3n) is 2.86. The van der Waals surface area contributed by atoms with E-state index in [4.69, 9.17) is 21.5 Å². The van der Waals surface area contributed by atoms with Crippen molar-refractivity contribution in [3.05, 3.63) is 28.5 Å². The summed E-state index contributed by atoms with van der Waals surface area (Å²) in [6, 6.07) is 1.64. The van der Waals surface area contributed by atoms with Crippen molar-refractivity contribution in [2.75, 3.05) is 26.3 Å². The maximum atomic E-state index is 13.8. The highest BCUT2D eigenvalue weighted by molar-refractivity contribution is 7.89. The fraction of sp³-hybridized carbons (Fsp3) is 0.364. The lowest BCUT2D eigenvalue weighted by Gasteiger charge is -2.27. The van der Waals surface area contributed by atoms with E-state index in [-0.39, 0.29) is 10.6 Å². The first-order valence-corrected chi connectivity index (χ1v) is 7.62. The third-order valence-corrected chi connectivity index (χ3v) is 4.23. The fourth-order valence-corrected chi connectivity index (χ4v) is 2.93. The number of carbonyl (C=O) groups is 1. The summed E-state index contributed by atoms with van der Waals surface area (Å²) in [6.07, 6.45) is 0. The number of morpholine rings is 1. The van der Waals surface area contributed by atoms with E-state index < -0.39 is 26.6 Å². The molecule has 1 amide bonds. The lowest BCUT2D eigenvalue weighted by Crippen LogP contribution is -2.41. The van der Waals surface area contributed by atoms with Crippen LogP contribution in [-0.4, -0.2) is 45.5 Å². The Morgan fingerprint density at radius 3 is 2.50 bits per heavy atom. The quantitative estimate of drug-likeness (QED) is 0.863. The summed E-state index contributed by atoms with van der Waals surface area (Å²) in [5, 5.41) is 4.62. The van der Waals surface area contributed by atoms with E-state index >= 15 is 0 Å². The zero-order chi connectivity index (χ0) is 14.9. The fourth-order valence-electron chi connectivity index (χ4n) is 1.85. The average molecular weight is 323 g/mol. The molecular formula is C11H12ClFN2O4S. The van der Waals surface area contributed by atoms with Crippen molar-refractivity contribution < 1.29 is 22.3 Å². The number of halogens is 2. The number of nitrogens with two attached hydrogens (primary N) is 1. The molecule has 0 aliphatic carbocycles. The Hall–Kier alpha value is -1.22. The Labute approximate surface area is 120 Å². The first kappa shape index (κ1) is 15.2. The number of ether oxygens (including phenoxy) is 1. The molecule has 9 heteroatoms. The molecule has 0 bridgehead atoms. The van der Waals surface area contributed by atoms with Crippen LogP contribution in [0.2, 0.25) is 5.02 Å². The number of sulfonamides is 1. The summed E-state index contributed by atoms with van der Waals surface area (Å²) in [5.74, 6) is -1.51. The lowest BCUT2D eigenvalue weighted by molar-refractivity contribution is 0.0299. The van der Waals surface area contributed by atoms with Gasteiger partial charge in [-0.3, -0.25) is 4.79 Å². The van der Waals surface area contributed by atoms with E-state index in [1.54, 1.807) is 0 Å². The predicted molar refractivity (Wildman–Crippen MR) is 69.5 cm³/mol. The van der Waals surface area contributed by atoms with Gasteiger partial charge < -0.3 is 9.64 Å². The third kappa shape index (κ3) is 3.09. The minimum atomic E-state index is -4.13. The van der Waals surface area contributed by atoms with Gasteiger partial charge in [-0.2, -0.15) is 0 Å². The van der Waals surface area contributed by atoms with Crippen molar-refractivity contribution >= 4 is 27.5 Å². The van der Waals surface area contributed by atoms with Crippen molar-refractivity contribution in [3.8, 4) is 0 Å². The molecule has 1 saturated heterocycles. The van der Waals surface area contributed by atoms with Crippen LogP contribution in [0.3, 0.4) is 0 Å². The number of hydrogen-bond donors (Lipinski definition) is 1. The maximum absolute atomic E-state index is 13.8. The molecule has 20 heavy (non-hydrogen) atoms. The Balaban J connectivity index is 2.43. The molecule has 1 heterocycles. The van der Waals surface area contributed by atoms with E-state index in [2.05, 4.69) is 0 Å². The van der Waals surface area contributed by atoms with Gasteiger partial charge in [0.1, 0.15) is 10.7 Å². The molecule has 0 radical (unpaired) electrons. The van der Waals surface area contributed by atoms with Crippen molar-refractivity contribution in [1.29, 1.82) is 0 Å². The normalized spacial score (nSPS) is 16.2. The summed E-state index contributed by atoms with van der Waals surface area (Å²) >= 11 is 5.63. The van der Waals surface area contributed by atoms with Gasteiger partial charge in [0.2, 0.25) is 10.0 Å². The van der Waals surface area contributed by atoms with Gasteiger partial charge in [-0.25, -0.2) is 17.9 Å². The van der Waals surface area contributed by atoms with Crippen molar-refractivity contribution in [3.63, 3.8) is 0 Å². The zero-order valence-electron chi connectivity index (χ0n) is 10.3. The van der Waals surface area contributed by atoms with Crippen LogP contribution in [0.1, 0.15) is 10.4 Å². The van der Waals surface area contributed by atoms with Crippen LogP contribution < -0.4 is 5.14 Å². The molecule has 2 N–H and O–H groups in total.